The molecule has 27 heavy (non-hydrogen) atoms. The predicted octanol–water partition coefficient (Wildman–Crippen LogP) is 3.13. The van der Waals surface area contributed by atoms with Crippen LogP contribution in [0.25, 0.3) is 0 Å². The lowest BCUT2D eigenvalue weighted by Crippen LogP contribution is -2.27. The van der Waals surface area contributed by atoms with Crippen LogP contribution in [-0.2, 0) is 9.53 Å². The van der Waals surface area contributed by atoms with Crippen LogP contribution < -0.4 is 10.1 Å². The third kappa shape index (κ3) is 4.66. The summed E-state index contributed by atoms with van der Waals surface area (Å²) in [5.74, 6) is 2.79. The van der Waals surface area contributed by atoms with Gasteiger partial charge in [-0.15, -0.1) is 0 Å². The van der Waals surface area contributed by atoms with Crippen LogP contribution in [0.4, 0.5) is 5.69 Å². The first-order valence-corrected chi connectivity index (χ1v) is 9.74. The molecule has 1 aliphatic carbocycles. The monoisotopic (exact) mass is 370 g/mol. The van der Waals surface area contributed by atoms with Gasteiger partial charge in [0.2, 0.25) is 5.91 Å². The fourth-order valence-corrected chi connectivity index (χ4v) is 3.85. The van der Waals surface area contributed by atoms with Crippen LogP contribution in [0.2, 0.25) is 0 Å². The van der Waals surface area contributed by atoms with Gasteiger partial charge in [0.25, 0.3) is 0 Å². The number of nitrogens with one attached hydrogen (secondary N) is 2. The molecule has 144 valence electrons. The van der Waals surface area contributed by atoms with Crippen LogP contribution in [0.15, 0.2) is 30.6 Å². The van der Waals surface area contributed by atoms with E-state index in [2.05, 4.69) is 20.5 Å². The number of H-pyrrole nitrogens is 1. The zero-order valence-electron chi connectivity index (χ0n) is 15.4. The standard InChI is InChI=1S/C20H26N4O3/c25-20(16-3-1-15(2-4-16)19-21-13-22-24-19)23-17-5-7-18(8-6-17)27-12-14-9-10-26-11-14/h5-8,13-16H,1-4,9-12H2,(H,23,25)(H,21,22,24). The Morgan fingerprint density at radius 3 is 2.67 bits per heavy atom. The number of carbonyl (C=O) groups excluding carboxylic acids is 1. The van der Waals surface area contributed by atoms with Crippen molar-refractivity contribution in [2.75, 3.05) is 25.1 Å². The number of ether oxygens (including phenoxy) is 2. The number of anilines is 1. The summed E-state index contributed by atoms with van der Waals surface area (Å²) in [6, 6.07) is 7.62. The molecular weight excluding hydrogens is 344 g/mol. The summed E-state index contributed by atoms with van der Waals surface area (Å²) < 4.78 is 11.2. The molecule has 0 spiro atoms. The van der Waals surface area contributed by atoms with Crippen LogP contribution >= 0.6 is 0 Å². The van der Waals surface area contributed by atoms with E-state index in [-0.39, 0.29) is 11.8 Å². The van der Waals surface area contributed by atoms with Crippen molar-refractivity contribution >= 4 is 11.6 Å². The van der Waals surface area contributed by atoms with Gasteiger partial charge >= 0.3 is 0 Å². The van der Waals surface area contributed by atoms with E-state index in [1.807, 2.05) is 24.3 Å². The Balaban J connectivity index is 1.23. The molecular formula is C20H26N4O3. The lowest BCUT2D eigenvalue weighted by Gasteiger charge is -2.26. The second-order valence-corrected chi connectivity index (χ2v) is 7.47. The minimum Gasteiger partial charge on any atom is -0.493 e. The summed E-state index contributed by atoms with van der Waals surface area (Å²) in [5, 5.41) is 9.90. The van der Waals surface area contributed by atoms with Crippen LogP contribution in [0.3, 0.4) is 0 Å². The molecule has 1 amide bonds. The Kier molecular flexibility index (Phi) is 5.67. The summed E-state index contributed by atoms with van der Waals surface area (Å²) >= 11 is 0. The van der Waals surface area contributed by atoms with Gasteiger partial charge < -0.3 is 14.8 Å². The van der Waals surface area contributed by atoms with Gasteiger partial charge in [-0.2, -0.15) is 5.10 Å². The zero-order chi connectivity index (χ0) is 18.5. The number of aromatic amines is 1. The quantitative estimate of drug-likeness (QED) is 0.815. The summed E-state index contributed by atoms with van der Waals surface area (Å²) in [5.41, 5.74) is 0.814. The van der Waals surface area contributed by atoms with Gasteiger partial charge in [-0.05, 0) is 56.4 Å². The first-order valence-electron chi connectivity index (χ1n) is 9.74. The number of hydrogen-bond acceptors (Lipinski definition) is 5. The van der Waals surface area contributed by atoms with Gasteiger partial charge in [0, 0.05) is 30.0 Å². The summed E-state index contributed by atoms with van der Waals surface area (Å²) in [7, 11) is 0. The van der Waals surface area contributed by atoms with Crippen LogP contribution in [0.5, 0.6) is 5.75 Å². The molecule has 0 bridgehead atoms. The predicted molar refractivity (Wildman–Crippen MR) is 101 cm³/mol. The number of aromatic nitrogens is 3. The minimum absolute atomic E-state index is 0.0578. The van der Waals surface area contributed by atoms with E-state index in [0.717, 1.165) is 62.6 Å². The van der Waals surface area contributed by atoms with E-state index in [4.69, 9.17) is 9.47 Å². The highest BCUT2D eigenvalue weighted by molar-refractivity contribution is 5.92. The highest BCUT2D eigenvalue weighted by atomic mass is 16.5. The molecule has 1 aliphatic heterocycles. The Hall–Kier alpha value is -2.41. The maximum absolute atomic E-state index is 12.6. The molecule has 1 aromatic carbocycles. The maximum Gasteiger partial charge on any atom is 0.227 e. The van der Waals surface area contributed by atoms with E-state index in [0.29, 0.717) is 18.4 Å². The number of hydrogen-bond donors (Lipinski definition) is 2. The minimum atomic E-state index is 0.0578. The first kappa shape index (κ1) is 18.0. The van der Waals surface area contributed by atoms with Crippen molar-refractivity contribution in [3.05, 3.63) is 36.4 Å². The molecule has 2 N–H and O–H groups in total. The smallest absolute Gasteiger partial charge is 0.227 e. The van der Waals surface area contributed by atoms with Crippen molar-refractivity contribution in [1.29, 1.82) is 0 Å². The average Bonchev–Trinajstić information content (AvgIpc) is 3.42. The normalized spacial score (nSPS) is 25.3. The zero-order valence-corrected chi connectivity index (χ0v) is 15.4. The van der Waals surface area contributed by atoms with E-state index in [1.54, 1.807) is 6.33 Å². The van der Waals surface area contributed by atoms with Crippen molar-refractivity contribution in [2.45, 2.75) is 38.0 Å². The Labute approximate surface area is 158 Å². The van der Waals surface area contributed by atoms with Crippen LogP contribution in [0, 0.1) is 11.8 Å². The van der Waals surface area contributed by atoms with Crippen molar-refractivity contribution in [1.82, 2.24) is 15.2 Å². The van der Waals surface area contributed by atoms with E-state index in [1.165, 1.54) is 0 Å². The number of carbonyl (C=O) groups is 1. The van der Waals surface area contributed by atoms with Gasteiger partial charge in [-0.25, -0.2) is 4.98 Å². The molecule has 2 heterocycles. The van der Waals surface area contributed by atoms with Crippen molar-refractivity contribution in [3.63, 3.8) is 0 Å². The van der Waals surface area contributed by atoms with Gasteiger partial charge in [0.1, 0.15) is 17.9 Å². The molecule has 1 unspecified atom stereocenters. The molecule has 2 fully saturated rings. The average molecular weight is 370 g/mol. The second-order valence-electron chi connectivity index (χ2n) is 7.47. The van der Waals surface area contributed by atoms with Crippen molar-refractivity contribution in [2.24, 2.45) is 11.8 Å². The molecule has 1 saturated carbocycles. The topological polar surface area (TPSA) is 89.1 Å². The Morgan fingerprint density at radius 1 is 1.19 bits per heavy atom. The third-order valence-electron chi connectivity index (χ3n) is 5.55. The van der Waals surface area contributed by atoms with Crippen LogP contribution in [-0.4, -0.2) is 40.9 Å². The molecule has 1 atom stereocenters. The van der Waals surface area contributed by atoms with Crippen molar-refractivity contribution in [3.8, 4) is 5.75 Å². The van der Waals surface area contributed by atoms with Crippen molar-refractivity contribution < 1.29 is 14.3 Å². The molecule has 7 heteroatoms. The number of nitrogens with zero attached hydrogens (tertiary/aromatic N) is 2. The Morgan fingerprint density at radius 2 is 2.00 bits per heavy atom. The van der Waals surface area contributed by atoms with E-state index >= 15 is 0 Å². The van der Waals surface area contributed by atoms with E-state index in [9.17, 15) is 4.79 Å². The number of rotatable bonds is 6. The SMILES string of the molecule is O=C(Nc1ccc(OCC2CCOC2)cc1)C1CCC(c2ncn[nH]2)CC1. The second kappa shape index (κ2) is 8.52. The maximum atomic E-state index is 12.6. The Bertz CT molecular complexity index is 718. The summed E-state index contributed by atoms with van der Waals surface area (Å²) in [4.78, 5) is 16.8. The molecule has 0 radical (unpaired) electrons. The van der Waals surface area contributed by atoms with Gasteiger partial charge in [-0.3, -0.25) is 9.89 Å². The fourth-order valence-electron chi connectivity index (χ4n) is 3.85. The van der Waals surface area contributed by atoms with Gasteiger partial charge in [0.15, 0.2) is 0 Å². The lowest BCUT2D eigenvalue weighted by atomic mass is 9.81. The molecule has 1 aromatic heterocycles. The molecule has 2 aromatic rings. The lowest BCUT2D eigenvalue weighted by molar-refractivity contribution is -0.120. The third-order valence-corrected chi connectivity index (χ3v) is 5.55. The number of amides is 1. The molecule has 1 saturated heterocycles. The fraction of sp³-hybridized carbons (Fsp3) is 0.550. The first-order chi connectivity index (χ1) is 13.3. The highest BCUT2D eigenvalue weighted by Gasteiger charge is 2.28. The van der Waals surface area contributed by atoms with E-state index < -0.39 is 0 Å². The van der Waals surface area contributed by atoms with Crippen LogP contribution in [0.1, 0.15) is 43.8 Å². The number of benzene rings is 1. The highest BCUT2D eigenvalue weighted by Crippen LogP contribution is 2.34. The largest absolute Gasteiger partial charge is 0.493 e. The molecule has 2 aliphatic rings. The van der Waals surface area contributed by atoms with Gasteiger partial charge in [0.05, 0.1) is 13.2 Å². The molecule has 4 rings (SSSR count). The van der Waals surface area contributed by atoms with Gasteiger partial charge in [-0.1, -0.05) is 0 Å². The summed E-state index contributed by atoms with van der Waals surface area (Å²) in [6.07, 6.45) is 6.29. The molecule has 7 nitrogen and oxygen atoms in total. The summed E-state index contributed by atoms with van der Waals surface area (Å²) in [6.45, 7) is 2.30.